The van der Waals surface area contributed by atoms with Gasteiger partial charge in [-0.05, 0) is 39.2 Å². The van der Waals surface area contributed by atoms with Crippen LogP contribution in [-0.4, -0.2) is 36.1 Å². The molecule has 0 aromatic heterocycles. The molecule has 1 saturated heterocycles. The van der Waals surface area contributed by atoms with Gasteiger partial charge in [-0.3, -0.25) is 4.90 Å². The van der Waals surface area contributed by atoms with Crippen molar-refractivity contribution in [3.63, 3.8) is 0 Å². The van der Waals surface area contributed by atoms with Gasteiger partial charge in [-0.25, -0.2) is 0 Å². The molecule has 0 aromatic rings. The summed E-state index contributed by atoms with van der Waals surface area (Å²) in [6.45, 7) is 9.66. The quantitative estimate of drug-likeness (QED) is 0.671. The summed E-state index contributed by atoms with van der Waals surface area (Å²) < 4.78 is 0. The zero-order valence-electron chi connectivity index (χ0n) is 9.26. The van der Waals surface area contributed by atoms with Gasteiger partial charge in [0.1, 0.15) is 0 Å². The average molecular weight is 194 g/mol. The van der Waals surface area contributed by atoms with Gasteiger partial charge in [0.05, 0.1) is 0 Å². The van der Waals surface area contributed by atoms with Crippen molar-refractivity contribution in [2.24, 2.45) is 0 Å². The van der Waals surface area contributed by atoms with E-state index in [-0.39, 0.29) is 0 Å². The summed E-state index contributed by atoms with van der Waals surface area (Å²) >= 11 is 0. The molecule has 2 fully saturated rings. The molecular formula is C12H22N2. The fraction of sp³-hybridized carbons (Fsp3) is 0.833. The van der Waals surface area contributed by atoms with Gasteiger partial charge in [-0.1, -0.05) is 6.08 Å². The van der Waals surface area contributed by atoms with Gasteiger partial charge in [0.15, 0.2) is 0 Å². The maximum atomic E-state index is 3.85. The van der Waals surface area contributed by atoms with E-state index in [2.05, 4.69) is 23.7 Å². The van der Waals surface area contributed by atoms with Gasteiger partial charge in [-0.15, -0.1) is 6.58 Å². The first-order valence-corrected chi connectivity index (χ1v) is 5.83. The van der Waals surface area contributed by atoms with Crippen LogP contribution in [0.2, 0.25) is 0 Å². The molecule has 2 nitrogen and oxygen atoms in total. The molecule has 2 aliphatic rings. The van der Waals surface area contributed by atoms with Crippen LogP contribution in [0.15, 0.2) is 12.7 Å². The smallest absolute Gasteiger partial charge is 0.0281 e. The van der Waals surface area contributed by atoms with Crippen LogP contribution < -0.4 is 5.32 Å². The Labute approximate surface area is 87.4 Å². The first-order chi connectivity index (χ1) is 6.73. The van der Waals surface area contributed by atoms with Crippen LogP contribution in [0.1, 0.15) is 32.6 Å². The van der Waals surface area contributed by atoms with E-state index in [0.29, 0.717) is 5.54 Å². The zero-order chi connectivity index (χ0) is 10.0. The molecule has 80 valence electrons. The van der Waals surface area contributed by atoms with E-state index >= 15 is 0 Å². The molecule has 1 unspecified atom stereocenters. The van der Waals surface area contributed by atoms with Gasteiger partial charge in [0.25, 0.3) is 0 Å². The zero-order valence-corrected chi connectivity index (χ0v) is 9.26. The number of rotatable bonds is 5. The van der Waals surface area contributed by atoms with Gasteiger partial charge in [0, 0.05) is 24.7 Å². The summed E-state index contributed by atoms with van der Waals surface area (Å²) in [5.74, 6) is 0. The Bertz CT molecular complexity index is 202. The average Bonchev–Trinajstić information content (AvgIpc) is 2.91. The number of hydrogen-bond donors (Lipinski definition) is 1. The highest BCUT2D eigenvalue weighted by Gasteiger charge is 2.35. The molecule has 0 bridgehead atoms. The third kappa shape index (κ3) is 2.37. The molecule has 1 saturated carbocycles. The molecule has 1 atom stereocenters. The Hall–Kier alpha value is -0.340. The molecule has 2 heteroatoms. The maximum absolute atomic E-state index is 3.85. The Kier molecular flexibility index (Phi) is 2.93. The van der Waals surface area contributed by atoms with Crippen molar-refractivity contribution in [2.75, 3.05) is 19.6 Å². The molecule has 1 N–H and O–H groups in total. The largest absolute Gasteiger partial charge is 0.310 e. The second-order valence-corrected chi connectivity index (χ2v) is 5.04. The van der Waals surface area contributed by atoms with Crippen LogP contribution >= 0.6 is 0 Å². The van der Waals surface area contributed by atoms with Crippen molar-refractivity contribution in [2.45, 2.75) is 44.2 Å². The molecule has 2 rings (SSSR count). The number of hydrogen-bond acceptors (Lipinski definition) is 2. The van der Waals surface area contributed by atoms with Crippen molar-refractivity contribution >= 4 is 0 Å². The first kappa shape index (κ1) is 10.2. The first-order valence-electron chi connectivity index (χ1n) is 5.83. The molecule has 1 aliphatic carbocycles. The standard InChI is InChI=1S/C12H22N2/c1-3-9-14(11-5-6-11)10-12(2)7-4-8-13-12/h3,11,13H,1,4-10H2,2H3. The molecule has 0 radical (unpaired) electrons. The van der Waals surface area contributed by atoms with Gasteiger partial charge >= 0.3 is 0 Å². The Morgan fingerprint density at radius 1 is 1.57 bits per heavy atom. The van der Waals surface area contributed by atoms with Crippen LogP contribution in [0, 0.1) is 0 Å². The molecule has 1 heterocycles. The van der Waals surface area contributed by atoms with Crippen molar-refractivity contribution < 1.29 is 0 Å². The van der Waals surface area contributed by atoms with Crippen LogP contribution in [-0.2, 0) is 0 Å². The summed E-state index contributed by atoms with van der Waals surface area (Å²) in [7, 11) is 0. The van der Waals surface area contributed by atoms with E-state index in [1.807, 2.05) is 6.08 Å². The summed E-state index contributed by atoms with van der Waals surface area (Å²) in [6, 6.07) is 0.854. The minimum atomic E-state index is 0.367. The molecule has 0 aromatic carbocycles. The van der Waals surface area contributed by atoms with Crippen LogP contribution in [0.25, 0.3) is 0 Å². The number of nitrogens with one attached hydrogen (secondary N) is 1. The normalized spacial score (nSPS) is 32.4. The number of nitrogens with zero attached hydrogens (tertiary/aromatic N) is 1. The lowest BCUT2D eigenvalue weighted by Crippen LogP contribution is -2.48. The second-order valence-electron chi connectivity index (χ2n) is 5.04. The summed E-state index contributed by atoms with van der Waals surface area (Å²) in [5, 5.41) is 3.63. The Morgan fingerprint density at radius 2 is 2.36 bits per heavy atom. The fourth-order valence-corrected chi connectivity index (χ4v) is 2.49. The monoisotopic (exact) mass is 194 g/mol. The van der Waals surface area contributed by atoms with E-state index in [1.54, 1.807) is 0 Å². The molecular weight excluding hydrogens is 172 g/mol. The van der Waals surface area contributed by atoms with Crippen LogP contribution in [0.3, 0.4) is 0 Å². The van der Waals surface area contributed by atoms with Crippen molar-refractivity contribution in [1.82, 2.24) is 10.2 Å². The third-order valence-corrected chi connectivity index (χ3v) is 3.44. The highest BCUT2D eigenvalue weighted by Crippen LogP contribution is 2.30. The Morgan fingerprint density at radius 3 is 2.86 bits per heavy atom. The SMILES string of the molecule is C=CCN(CC1(C)CCCN1)C1CC1. The predicted molar refractivity (Wildman–Crippen MR) is 60.4 cm³/mol. The lowest BCUT2D eigenvalue weighted by atomic mass is 9.99. The topological polar surface area (TPSA) is 15.3 Å². The predicted octanol–water partition coefficient (Wildman–Crippen LogP) is 1.78. The van der Waals surface area contributed by atoms with E-state index in [4.69, 9.17) is 0 Å². The van der Waals surface area contributed by atoms with E-state index in [9.17, 15) is 0 Å². The summed E-state index contributed by atoms with van der Waals surface area (Å²) in [6.07, 6.45) is 7.49. The lowest BCUT2D eigenvalue weighted by Gasteiger charge is -2.32. The second kappa shape index (κ2) is 4.03. The lowest BCUT2D eigenvalue weighted by molar-refractivity contribution is 0.212. The van der Waals surface area contributed by atoms with Gasteiger partial charge in [0.2, 0.25) is 0 Å². The summed E-state index contributed by atoms with van der Waals surface area (Å²) in [4.78, 5) is 2.59. The van der Waals surface area contributed by atoms with Crippen LogP contribution in [0.4, 0.5) is 0 Å². The Balaban J connectivity index is 1.88. The minimum Gasteiger partial charge on any atom is -0.310 e. The van der Waals surface area contributed by atoms with Crippen molar-refractivity contribution in [1.29, 1.82) is 0 Å². The van der Waals surface area contributed by atoms with Crippen LogP contribution in [0.5, 0.6) is 0 Å². The van der Waals surface area contributed by atoms with E-state index in [1.165, 1.54) is 38.8 Å². The highest BCUT2D eigenvalue weighted by atomic mass is 15.2. The summed E-state index contributed by atoms with van der Waals surface area (Å²) in [5.41, 5.74) is 0.367. The van der Waals surface area contributed by atoms with Crippen molar-refractivity contribution in [3.8, 4) is 0 Å². The van der Waals surface area contributed by atoms with Gasteiger partial charge < -0.3 is 5.32 Å². The highest BCUT2D eigenvalue weighted by molar-refractivity contribution is 4.97. The van der Waals surface area contributed by atoms with E-state index in [0.717, 1.165) is 12.6 Å². The van der Waals surface area contributed by atoms with Crippen molar-refractivity contribution in [3.05, 3.63) is 12.7 Å². The maximum Gasteiger partial charge on any atom is 0.0281 e. The molecule has 14 heavy (non-hydrogen) atoms. The minimum absolute atomic E-state index is 0.367. The molecule has 1 aliphatic heterocycles. The fourth-order valence-electron chi connectivity index (χ4n) is 2.49. The van der Waals surface area contributed by atoms with E-state index < -0.39 is 0 Å². The third-order valence-electron chi connectivity index (χ3n) is 3.44. The van der Waals surface area contributed by atoms with Gasteiger partial charge in [-0.2, -0.15) is 0 Å². The molecule has 0 amide bonds. The molecule has 0 spiro atoms.